The van der Waals surface area contributed by atoms with Crippen molar-refractivity contribution in [2.75, 3.05) is 26.7 Å². The van der Waals surface area contributed by atoms with Crippen LogP contribution in [0.5, 0.6) is 0 Å². The van der Waals surface area contributed by atoms with E-state index in [2.05, 4.69) is 24.1 Å². The topological polar surface area (TPSA) is 24.5 Å². The molecule has 18 heavy (non-hydrogen) atoms. The molecule has 2 fully saturated rings. The molecule has 106 valence electrons. The fourth-order valence-electron chi connectivity index (χ4n) is 3.66. The summed E-state index contributed by atoms with van der Waals surface area (Å²) in [5.74, 6) is 0.816. The molecular weight excluding hydrogens is 224 g/mol. The summed E-state index contributed by atoms with van der Waals surface area (Å²) in [6.45, 7) is 8.42. The Kier molecular flexibility index (Phi) is 5.46. The van der Waals surface area contributed by atoms with Crippen molar-refractivity contribution in [3.63, 3.8) is 0 Å². The normalized spacial score (nSPS) is 35.8. The van der Waals surface area contributed by atoms with Crippen LogP contribution in [0.15, 0.2) is 0 Å². The molecule has 0 aromatic heterocycles. The third kappa shape index (κ3) is 3.46. The van der Waals surface area contributed by atoms with Crippen molar-refractivity contribution in [2.45, 2.75) is 64.1 Å². The van der Waals surface area contributed by atoms with Crippen molar-refractivity contribution < 1.29 is 4.74 Å². The van der Waals surface area contributed by atoms with E-state index in [9.17, 15) is 0 Å². The van der Waals surface area contributed by atoms with E-state index in [1.165, 1.54) is 51.7 Å². The minimum Gasteiger partial charge on any atom is -0.380 e. The van der Waals surface area contributed by atoms with Crippen molar-refractivity contribution in [3.8, 4) is 0 Å². The first-order chi connectivity index (χ1) is 8.74. The first-order valence-corrected chi connectivity index (χ1v) is 7.75. The van der Waals surface area contributed by atoms with Crippen LogP contribution >= 0.6 is 0 Å². The molecule has 4 unspecified atom stereocenters. The highest BCUT2D eigenvalue weighted by molar-refractivity contribution is 4.89. The minimum absolute atomic E-state index is 0.443. The molecule has 1 saturated heterocycles. The van der Waals surface area contributed by atoms with E-state index in [0.717, 1.165) is 5.92 Å². The summed E-state index contributed by atoms with van der Waals surface area (Å²) in [6, 6.07) is 1.21. The Morgan fingerprint density at radius 3 is 2.83 bits per heavy atom. The SMILES string of the molecule is CCN1CCCC(C(C)NC2CCCC2OC)C1. The van der Waals surface area contributed by atoms with E-state index < -0.39 is 0 Å². The second-order valence-electron chi connectivity index (χ2n) is 6.06. The van der Waals surface area contributed by atoms with Gasteiger partial charge in [-0.05, 0) is 58.0 Å². The average Bonchev–Trinajstić information content (AvgIpc) is 2.86. The Balaban J connectivity index is 1.81. The van der Waals surface area contributed by atoms with E-state index in [-0.39, 0.29) is 0 Å². The van der Waals surface area contributed by atoms with Gasteiger partial charge < -0.3 is 15.0 Å². The molecule has 0 aromatic carbocycles. The summed E-state index contributed by atoms with van der Waals surface area (Å²) >= 11 is 0. The summed E-state index contributed by atoms with van der Waals surface area (Å²) < 4.78 is 5.58. The molecule has 1 aliphatic carbocycles. The van der Waals surface area contributed by atoms with Gasteiger partial charge in [-0.3, -0.25) is 0 Å². The monoisotopic (exact) mass is 254 g/mol. The standard InChI is InChI=1S/C15H30N2O/c1-4-17-10-6-7-13(11-17)12(2)16-14-8-5-9-15(14)18-3/h12-16H,4-11H2,1-3H3. The molecule has 1 saturated carbocycles. The molecule has 2 aliphatic rings. The van der Waals surface area contributed by atoms with Crippen molar-refractivity contribution in [1.29, 1.82) is 0 Å². The predicted molar refractivity (Wildman–Crippen MR) is 75.9 cm³/mol. The summed E-state index contributed by atoms with van der Waals surface area (Å²) in [6.07, 6.45) is 7.02. The van der Waals surface area contributed by atoms with Gasteiger partial charge in [-0.1, -0.05) is 6.92 Å². The average molecular weight is 254 g/mol. The van der Waals surface area contributed by atoms with E-state index in [4.69, 9.17) is 4.74 Å². The highest BCUT2D eigenvalue weighted by Gasteiger charge is 2.31. The van der Waals surface area contributed by atoms with Gasteiger partial charge in [-0.15, -0.1) is 0 Å². The highest BCUT2D eigenvalue weighted by Crippen LogP contribution is 2.25. The lowest BCUT2D eigenvalue weighted by Crippen LogP contribution is -2.49. The molecule has 1 N–H and O–H groups in total. The van der Waals surface area contributed by atoms with Gasteiger partial charge in [-0.2, -0.15) is 0 Å². The van der Waals surface area contributed by atoms with Gasteiger partial charge in [-0.25, -0.2) is 0 Å². The van der Waals surface area contributed by atoms with Crippen molar-refractivity contribution in [1.82, 2.24) is 10.2 Å². The third-order valence-electron chi connectivity index (χ3n) is 4.93. The number of rotatable bonds is 5. The fourth-order valence-corrected chi connectivity index (χ4v) is 3.66. The van der Waals surface area contributed by atoms with Gasteiger partial charge >= 0.3 is 0 Å². The maximum Gasteiger partial charge on any atom is 0.0724 e. The summed E-state index contributed by atoms with van der Waals surface area (Å²) in [5.41, 5.74) is 0. The summed E-state index contributed by atoms with van der Waals surface area (Å²) in [7, 11) is 1.86. The Morgan fingerprint density at radius 1 is 1.28 bits per heavy atom. The van der Waals surface area contributed by atoms with Gasteiger partial charge in [0, 0.05) is 25.7 Å². The number of nitrogens with one attached hydrogen (secondary N) is 1. The Morgan fingerprint density at radius 2 is 2.11 bits per heavy atom. The molecule has 4 atom stereocenters. The van der Waals surface area contributed by atoms with E-state index in [0.29, 0.717) is 18.2 Å². The fraction of sp³-hybridized carbons (Fsp3) is 1.00. The largest absolute Gasteiger partial charge is 0.380 e. The van der Waals surface area contributed by atoms with Crippen LogP contribution in [0.25, 0.3) is 0 Å². The quantitative estimate of drug-likeness (QED) is 0.814. The van der Waals surface area contributed by atoms with Crippen LogP contribution in [-0.2, 0) is 4.74 Å². The number of likely N-dealkylation sites (tertiary alicyclic amines) is 1. The minimum atomic E-state index is 0.443. The predicted octanol–water partition coefficient (Wildman–Crippen LogP) is 2.26. The van der Waals surface area contributed by atoms with E-state index in [1.54, 1.807) is 0 Å². The van der Waals surface area contributed by atoms with Crippen LogP contribution in [0.2, 0.25) is 0 Å². The molecule has 0 aromatic rings. The van der Waals surface area contributed by atoms with E-state index >= 15 is 0 Å². The number of hydrogen-bond acceptors (Lipinski definition) is 3. The lowest BCUT2D eigenvalue weighted by Gasteiger charge is -2.37. The second kappa shape index (κ2) is 6.88. The molecule has 3 nitrogen and oxygen atoms in total. The van der Waals surface area contributed by atoms with Crippen LogP contribution in [0.4, 0.5) is 0 Å². The first-order valence-electron chi connectivity index (χ1n) is 7.75. The van der Waals surface area contributed by atoms with Crippen molar-refractivity contribution in [3.05, 3.63) is 0 Å². The lowest BCUT2D eigenvalue weighted by atomic mass is 9.91. The first kappa shape index (κ1) is 14.3. The molecule has 1 heterocycles. The number of piperidine rings is 1. The molecule has 0 bridgehead atoms. The molecule has 2 rings (SSSR count). The summed E-state index contributed by atoms with van der Waals surface area (Å²) in [5, 5.41) is 3.84. The molecule has 1 aliphatic heterocycles. The molecule has 0 amide bonds. The van der Waals surface area contributed by atoms with Crippen LogP contribution < -0.4 is 5.32 Å². The van der Waals surface area contributed by atoms with Gasteiger partial charge in [0.1, 0.15) is 0 Å². The smallest absolute Gasteiger partial charge is 0.0724 e. The number of hydrogen-bond donors (Lipinski definition) is 1. The molecule has 0 radical (unpaired) electrons. The van der Waals surface area contributed by atoms with Gasteiger partial charge in [0.05, 0.1) is 6.10 Å². The Hall–Kier alpha value is -0.120. The maximum absolute atomic E-state index is 5.58. The Bertz CT molecular complexity index is 247. The molecule has 3 heteroatoms. The van der Waals surface area contributed by atoms with Gasteiger partial charge in [0.25, 0.3) is 0 Å². The summed E-state index contributed by atoms with van der Waals surface area (Å²) in [4.78, 5) is 2.59. The molecule has 0 spiro atoms. The number of ether oxygens (including phenoxy) is 1. The van der Waals surface area contributed by atoms with Crippen LogP contribution in [-0.4, -0.2) is 49.8 Å². The zero-order chi connectivity index (χ0) is 13.0. The zero-order valence-electron chi connectivity index (χ0n) is 12.3. The van der Waals surface area contributed by atoms with Crippen molar-refractivity contribution >= 4 is 0 Å². The number of nitrogens with zero attached hydrogens (tertiary/aromatic N) is 1. The maximum atomic E-state index is 5.58. The zero-order valence-corrected chi connectivity index (χ0v) is 12.3. The second-order valence-corrected chi connectivity index (χ2v) is 6.06. The van der Waals surface area contributed by atoms with E-state index in [1.807, 2.05) is 7.11 Å². The number of methoxy groups -OCH3 is 1. The van der Waals surface area contributed by atoms with Crippen LogP contribution in [0, 0.1) is 5.92 Å². The van der Waals surface area contributed by atoms with Crippen LogP contribution in [0.3, 0.4) is 0 Å². The van der Waals surface area contributed by atoms with Crippen LogP contribution in [0.1, 0.15) is 46.0 Å². The lowest BCUT2D eigenvalue weighted by molar-refractivity contribution is 0.0732. The van der Waals surface area contributed by atoms with Gasteiger partial charge in [0.2, 0.25) is 0 Å². The highest BCUT2D eigenvalue weighted by atomic mass is 16.5. The Labute approximate surface area is 112 Å². The van der Waals surface area contributed by atoms with Crippen molar-refractivity contribution in [2.24, 2.45) is 5.92 Å². The molecular formula is C15H30N2O. The third-order valence-corrected chi connectivity index (χ3v) is 4.93. The van der Waals surface area contributed by atoms with Gasteiger partial charge in [0.15, 0.2) is 0 Å².